The lowest BCUT2D eigenvalue weighted by atomic mass is 9.79. The molecule has 0 aromatic rings. The fraction of sp³-hybridized carbons (Fsp3) is 0.929. The molecule has 94 valence electrons. The van der Waals surface area contributed by atoms with Crippen LogP contribution in [0.2, 0.25) is 0 Å². The van der Waals surface area contributed by atoms with Crippen molar-refractivity contribution in [2.45, 2.75) is 52.9 Å². The van der Waals surface area contributed by atoms with E-state index in [1.807, 2.05) is 13.8 Å². The van der Waals surface area contributed by atoms with Gasteiger partial charge in [0.05, 0.1) is 0 Å². The second-order valence-corrected chi connectivity index (χ2v) is 5.52. The Bertz CT molecular complexity index is 205. The van der Waals surface area contributed by atoms with Crippen LogP contribution >= 0.6 is 0 Å². The Hall–Kier alpha value is -0.370. The highest BCUT2D eigenvalue weighted by atomic mass is 16.1. The van der Waals surface area contributed by atoms with Crippen LogP contribution in [0.1, 0.15) is 52.9 Å². The minimum Gasteiger partial charge on any atom is -0.317 e. The van der Waals surface area contributed by atoms with Crippen molar-refractivity contribution in [3.63, 3.8) is 0 Å². The van der Waals surface area contributed by atoms with E-state index in [0.29, 0.717) is 11.7 Å². The predicted octanol–water partition coefficient (Wildman–Crippen LogP) is 3.02. The van der Waals surface area contributed by atoms with Crippen LogP contribution in [-0.4, -0.2) is 18.9 Å². The highest BCUT2D eigenvalue weighted by Gasteiger charge is 2.23. The minimum absolute atomic E-state index is 0.222. The van der Waals surface area contributed by atoms with Crippen LogP contribution in [0.4, 0.5) is 0 Å². The molecule has 1 saturated carbocycles. The van der Waals surface area contributed by atoms with E-state index in [4.69, 9.17) is 0 Å². The number of nitrogens with one attached hydrogen (secondary N) is 1. The molecule has 2 nitrogen and oxygen atoms in total. The van der Waals surface area contributed by atoms with Gasteiger partial charge in [-0.15, -0.1) is 0 Å². The number of ketones is 1. The average molecular weight is 225 g/mol. The van der Waals surface area contributed by atoms with Crippen molar-refractivity contribution < 1.29 is 4.79 Å². The Balaban J connectivity index is 2.19. The summed E-state index contributed by atoms with van der Waals surface area (Å²) >= 11 is 0. The second kappa shape index (κ2) is 7.05. The van der Waals surface area contributed by atoms with E-state index in [9.17, 15) is 4.79 Å². The summed E-state index contributed by atoms with van der Waals surface area (Å²) in [5.74, 6) is 2.20. The lowest BCUT2D eigenvalue weighted by molar-refractivity contribution is -0.123. The third-order valence-corrected chi connectivity index (χ3v) is 3.78. The first-order chi connectivity index (χ1) is 7.63. The van der Waals surface area contributed by atoms with Crippen LogP contribution in [0.25, 0.3) is 0 Å². The number of Topliss-reactive ketones (excluding diaryl/α,β-unsaturated/α-hetero) is 1. The first-order valence-electron chi connectivity index (χ1n) is 6.86. The summed E-state index contributed by atoms with van der Waals surface area (Å²) in [7, 11) is 0. The lowest BCUT2D eigenvalue weighted by Crippen LogP contribution is -2.27. The van der Waals surface area contributed by atoms with Gasteiger partial charge in [-0.05, 0) is 50.6 Å². The quantitative estimate of drug-likeness (QED) is 0.753. The van der Waals surface area contributed by atoms with Gasteiger partial charge < -0.3 is 5.32 Å². The molecular weight excluding hydrogens is 198 g/mol. The third-order valence-electron chi connectivity index (χ3n) is 3.78. The van der Waals surface area contributed by atoms with E-state index in [1.54, 1.807) is 0 Å². The molecule has 0 aliphatic heterocycles. The molecule has 0 heterocycles. The molecule has 0 bridgehead atoms. The summed E-state index contributed by atoms with van der Waals surface area (Å²) in [6, 6.07) is 0. The summed E-state index contributed by atoms with van der Waals surface area (Å²) < 4.78 is 0. The molecular formula is C14H27NO. The molecule has 0 atom stereocenters. The monoisotopic (exact) mass is 225 g/mol. The molecule has 0 saturated heterocycles. The van der Waals surface area contributed by atoms with Crippen molar-refractivity contribution in [2.24, 2.45) is 17.8 Å². The molecule has 0 amide bonds. The molecule has 0 aromatic carbocycles. The van der Waals surface area contributed by atoms with Gasteiger partial charge in [-0.3, -0.25) is 4.79 Å². The minimum atomic E-state index is 0.222. The van der Waals surface area contributed by atoms with E-state index >= 15 is 0 Å². The number of carbonyl (C=O) groups is 1. The maximum absolute atomic E-state index is 11.7. The first-order valence-corrected chi connectivity index (χ1v) is 6.86. The summed E-state index contributed by atoms with van der Waals surface area (Å²) in [4.78, 5) is 11.7. The van der Waals surface area contributed by atoms with Gasteiger partial charge in [-0.1, -0.05) is 20.8 Å². The van der Waals surface area contributed by atoms with Crippen LogP contribution in [0.3, 0.4) is 0 Å². The molecule has 0 spiro atoms. The number of hydrogen-bond acceptors (Lipinski definition) is 2. The Morgan fingerprint density at radius 3 is 2.25 bits per heavy atom. The van der Waals surface area contributed by atoms with Crippen molar-refractivity contribution in [1.82, 2.24) is 5.32 Å². The van der Waals surface area contributed by atoms with E-state index in [0.717, 1.165) is 18.9 Å². The zero-order valence-electron chi connectivity index (χ0n) is 11.1. The molecule has 16 heavy (non-hydrogen) atoms. The largest absolute Gasteiger partial charge is 0.317 e. The van der Waals surface area contributed by atoms with Gasteiger partial charge in [-0.25, -0.2) is 0 Å². The highest BCUT2D eigenvalue weighted by molar-refractivity contribution is 5.80. The zero-order valence-corrected chi connectivity index (χ0v) is 11.1. The number of hydrogen-bond donors (Lipinski definition) is 1. The smallest absolute Gasteiger partial charge is 0.135 e. The van der Waals surface area contributed by atoms with Crippen molar-refractivity contribution in [3.8, 4) is 0 Å². The first kappa shape index (κ1) is 13.7. The number of rotatable bonds is 6. The molecule has 1 rings (SSSR count). The van der Waals surface area contributed by atoms with Crippen molar-refractivity contribution in [1.29, 1.82) is 0 Å². The fourth-order valence-corrected chi connectivity index (χ4v) is 2.51. The van der Waals surface area contributed by atoms with E-state index < -0.39 is 0 Å². The van der Waals surface area contributed by atoms with Gasteiger partial charge in [0.2, 0.25) is 0 Å². The maximum atomic E-state index is 11.7. The standard InChI is InChI=1S/C14H27NO/c1-4-15-10-13-7-5-12(6-8-13)9-14(16)11(2)3/h11-13,15H,4-10H2,1-3H3. The van der Waals surface area contributed by atoms with E-state index in [1.165, 1.54) is 32.2 Å². The van der Waals surface area contributed by atoms with Gasteiger partial charge in [0, 0.05) is 12.3 Å². The molecule has 0 unspecified atom stereocenters. The molecule has 0 aromatic heterocycles. The third kappa shape index (κ3) is 4.65. The zero-order chi connectivity index (χ0) is 12.0. The van der Waals surface area contributed by atoms with Crippen LogP contribution in [-0.2, 0) is 4.79 Å². The Morgan fingerprint density at radius 1 is 1.19 bits per heavy atom. The summed E-state index contributed by atoms with van der Waals surface area (Å²) in [5.41, 5.74) is 0. The van der Waals surface area contributed by atoms with Crippen molar-refractivity contribution >= 4 is 5.78 Å². The fourth-order valence-electron chi connectivity index (χ4n) is 2.51. The molecule has 1 fully saturated rings. The van der Waals surface area contributed by atoms with Gasteiger partial charge in [0.15, 0.2) is 0 Å². The van der Waals surface area contributed by atoms with E-state index in [2.05, 4.69) is 12.2 Å². The predicted molar refractivity (Wildman–Crippen MR) is 68.5 cm³/mol. The SMILES string of the molecule is CCNCC1CCC(CC(=O)C(C)C)CC1. The second-order valence-electron chi connectivity index (χ2n) is 5.52. The summed E-state index contributed by atoms with van der Waals surface area (Å²) in [5, 5.41) is 3.42. The van der Waals surface area contributed by atoms with Gasteiger partial charge in [-0.2, -0.15) is 0 Å². The molecule has 1 N–H and O–H groups in total. The molecule has 1 aliphatic rings. The maximum Gasteiger partial charge on any atom is 0.135 e. The van der Waals surface area contributed by atoms with Gasteiger partial charge in [0.25, 0.3) is 0 Å². The molecule has 1 aliphatic carbocycles. The molecule has 2 heteroatoms. The Morgan fingerprint density at radius 2 is 1.75 bits per heavy atom. The highest BCUT2D eigenvalue weighted by Crippen LogP contribution is 2.31. The van der Waals surface area contributed by atoms with Gasteiger partial charge in [0.1, 0.15) is 5.78 Å². The van der Waals surface area contributed by atoms with Crippen LogP contribution in [0.15, 0.2) is 0 Å². The number of carbonyl (C=O) groups excluding carboxylic acids is 1. The Kier molecular flexibility index (Phi) is 6.04. The van der Waals surface area contributed by atoms with Crippen LogP contribution in [0, 0.1) is 17.8 Å². The lowest BCUT2D eigenvalue weighted by Gasteiger charge is -2.28. The van der Waals surface area contributed by atoms with Crippen molar-refractivity contribution in [2.75, 3.05) is 13.1 Å². The van der Waals surface area contributed by atoms with Crippen molar-refractivity contribution in [3.05, 3.63) is 0 Å². The van der Waals surface area contributed by atoms with Gasteiger partial charge >= 0.3 is 0 Å². The normalized spacial score (nSPS) is 26.0. The summed E-state index contributed by atoms with van der Waals surface area (Å²) in [6.07, 6.45) is 5.96. The molecule has 0 radical (unpaired) electrons. The van der Waals surface area contributed by atoms with Crippen LogP contribution in [0.5, 0.6) is 0 Å². The topological polar surface area (TPSA) is 29.1 Å². The summed E-state index contributed by atoms with van der Waals surface area (Å²) in [6.45, 7) is 8.43. The van der Waals surface area contributed by atoms with Crippen LogP contribution < -0.4 is 5.32 Å². The Labute approximate surface area is 100 Å². The van der Waals surface area contributed by atoms with E-state index in [-0.39, 0.29) is 5.92 Å². The average Bonchev–Trinajstić information content (AvgIpc) is 2.28.